The van der Waals surface area contributed by atoms with Crippen molar-refractivity contribution in [3.63, 3.8) is 0 Å². The van der Waals surface area contributed by atoms with Crippen LogP contribution in [0.3, 0.4) is 0 Å². The van der Waals surface area contributed by atoms with Gasteiger partial charge in [0.25, 0.3) is 15.9 Å². The quantitative estimate of drug-likeness (QED) is 0.446. The highest BCUT2D eigenvalue weighted by Crippen LogP contribution is 2.27. The van der Waals surface area contributed by atoms with Gasteiger partial charge in [0.05, 0.1) is 17.7 Å². The normalized spacial score (nSPS) is 11.6. The molecule has 1 amide bonds. The standard InChI is InChI=1S/C22H23N3O6S2/c1-15-9-11-17(14-19(15)25-32(27,28)18-7-5-4-6-8-18)24-22(26)16-10-12-20(31-3)21(13-16)33(29,30)23-2/h4-14,23,25H,1-3H3,(H,24,26). The second-order valence-electron chi connectivity index (χ2n) is 6.98. The molecule has 0 heterocycles. The van der Waals surface area contributed by atoms with Crippen molar-refractivity contribution in [2.24, 2.45) is 0 Å². The van der Waals surface area contributed by atoms with Gasteiger partial charge in [0, 0.05) is 11.3 Å². The Morgan fingerprint density at radius 3 is 2.21 bits per heavy atom. The highest BCUT2D eigenvalue weighted by Gasteiger charge is 2.21. The van der Waals surface area contributed by atoms with E-state index in [0.29, 0.717) is 16.9 Å². The smallest absolute Gasteiger partial charge is 0.261 e. The lowest BCUT2D eigenvalue weighted by Crippen LogP contribution is -2.20. The predicted octanol–water partition coefficient (Wildman–Crippen LogP) is 2.96. The first kappa shape index (κ1) is 24.2. The van der Waals surface area contributed by atoms with E-state index in [9.17, 15) is 21.6 Å². The molecule has 0 fully saturated rings. The van der Waals surface area contributed by atoms with Crippen LogP contribution < -0.4 is 19.5 Å². The van der Waals surface area contributed by atoms with Crippen LogP contribution in [0, 0.1) is 6.92 Å². The van der Waals surface area contributed by atoms with Gasteiger partial charge in [0.2, 0.25) is 10.0 Å². The minimum atomic E-state index is -3.86. The van der Waals surface area contributed by atoms with Gasteiger partial charge in [-0.2, -0.15) is 0 Å². The fourth-order valence-corrected chi connectivity index (χ4v) is 5.02. The van der Waals surface area contributed by atoms with E-state index in [1.165, 1.54) is 50.6 Å². The molecule has 0 radical (unpaired) electrons. The number of nitrogens with one attached hydrogen (secondary N) is 3. The molecule has 9 nitrogen and oxygen atoms in total. The third-order valence-electron chi connectivity index (χ3n) is 4.78. The largest absolute Gasteiger partial charge is 0.495 e. The zero-order valence-electron chi connectivity index (χ0n) is 18.1. The number of amides is 1. The summed E-state index contributed by atoms with van der Waals surface area (Å²) in [6.45, 7) is 1.73. The number of ether oxygens (including phenoxy) is 1. The lowest BCUT2D eigenvalue weighted by atomic mass is 10.1. The lowest BCUT2D eigenvalue weighted by molar-refractivity contribution is 0.102. The van der Waals surface area contributed by atoms with Crippen LogP contribution in [-0.2, 0) is 20.0 Å². The Morgan fingerprint density at radius 2 is 1.58 bits per heavy atom. The van der Waals surface area contributed by atoms with Crippen LogP contribution in [0.15, 0.2) is 76.5 Å². The van der Waals surface area contributed by atoms with Gasteiger partial charge in [0.15, 0.2) is 0 Å². The first-order valence-electron chi connectivity index (χ1n) is 9.69. The summed E-state index contributed by atoms with van der Waals surface area (Å²) in [5.41, 5.74) is 1.35. The molecule has 3 N–H and O–H groups in total. The molecule has 3 rings (SSSR count). The molecule has 11 heteroatoms. The van der Waals surface area contributed by atoms with E-state index in [1.807, 2.05) is 0 Å². The summed E-state index contributed by atoms with van der Waals surface area (Å²) in [6.07, 6.45) is 0. The first-order valence-corrected chi connectivity index (χ1v) is 12.7. The minimum Gasteiger partial charge on any atom is -0.495 e. The number of benzene rings is 3. The Morgan fingerprint density at radius 1 is 0.879 bits per heavy atom. The third-order valence-corrected chi connectivity index (χ3v) is 7.59. The number of carbonyl (C=O) groups excluding carboxylic acids is 1. The van der Waals surface area contributed by atoms with Crippen LogP contribution in [0.2, 0.25) is 0 Å². The van der Waals surface area contributed by atoms with Crippen molar-refractivity contribution in [2.75, 3.05) is 24.2 Å². The molecule has 3 aromatic carbocycles. The van der Waals surface area contributed by atoms with E-state index in [1.54, 1.807) is 37.3 Å². The summed E-state index contributed by atoms with van der Waals surface area (Å²) in [7, 11) is -5.09. The number of anilines is 2. The van der Waals surface area contributed by atoms with Crippen LogP contribution >= 0.6 is 0 Å². The molecular weight excluding hydrogens is 466 g/mol. The number of hydrogen-bond acceptors (Lipinski definition) is 6. The van der Waals surface area contributed by atoms with Gasteiger partial charge in [-0.05, 0) is 62.0 Å². The molecule has 0 atom stereocenters. The van der Waals surface area contributed by atoms with Gasteiger partial charge < -0.3 is 10.1 Å². The van der Waals surface area contributed by atoms with Crippen LogP contribution in [-0.4, -0.2) is 36.9 Å². The van der Waals surface area contributed by atoms with Gasteiger partial charge in [-0.25, -0.2) is 21.6 Å². The Hall–Kier alpha value is -3.41. The molecule has 0 saturated heterocycles. The number of sulfonamides is 2. The fraction of sp³-hybridized carbons (Fsp3) is 0.136. The molecule has 0 bridgehead atoms. The Kier molecular flexibility index (Phi) is 7.06. The summed E-state index contributed by atoms with van der Waals surface area (Å²) in [5, 5.41) is 2.66. The number of methoxy groups -OCH3 is 1. The molecule has 174 valence electrons. The Labute approximate surface area is 192 Å². The topological polar surface area (TPSA) is 131 Å². The zero-order chi connectivity index (χ0) is 24.2. The summed E-state index contributed by atoms with van der Waals surface area (Å²) in [5.74, 6) is -0.486. The summed E-state index contributed by atoms with van der Waals surface area (Å²) in [6, 6.07) is 16.7. The van der Waals surface area contributed by atoms with Crippen LogP contribution in [0.1, 0.15) is 15.9 Å². The predicted molar refractivity (Wildman–Crippen MR) is 126 cm³/mol. The van der Waals surface area contributed by atoms with Gasteiger partial charge >= 0.3 is 0 Å². The van der Waals surface area contributed by atoms with Crippen molar-refractivity contribution in [3.8, 4) is 5.75 Å². The Bertz CT molecular complexity index is 1390. The zero-order valence-corrected chi connectivity index (χ0v) is 19.7. The molecule has 0 aliphatic rings. The van der Waals surface area contributed by atoms with E-state index in [4.69, 9.17) is 4.74 Å². The molecule has 33 heavy (non-hydrogen) atoms. The van der Waals surface area contributed by atoms with Crippen molar-refractivity contribution < 1.29 is 26.4 Å². The van der Waals surface area contributed by atoms with Gasteiger partial charge in [-0.1, -0.05) is 24.3 Å². The van der Waals surface area contributed by atoms with E-state index in [2.05, 4.69) is 14.8 Å². The Balaban J connectivity index is 1.88. The van der Waals surface area contributed by atoms with Crippen molar-refractivity contribution in [3.05, 3.63) is 77.9 Å². The number of aryl methyl sites for hydroxylation is 1. The molecular formula is C22H23N3O6S2. The number of hydrogen-bond donors (Lipinski definition) is 3. The second-order valence-corrected chi connectivity index (χ2v) is 10.5. The minimum absolute atomic E-state index is 0.0802. The SMILES string of the molecule is CNS(=O)(=O)c1cc(C(=O)Nc2ccc(C)c(NS(=O)(=O)c3ccccc3)c2)ccc1OC. The molecule has 0 aromatic heterocycles. The molecule has 3 aromatic rings. The summed E-state index contributed by atoms with van der Waals surface area (Å²) in [4.78, 5) is 12.7. The summed E-state index contributed by atoms with van der Waals surface area (Å²) < 4.78 is 59.6. The van der Waals surface area contributed by atoms with E-state index < -0.39 is 26.0 Å². The lowest BCUT2D eigenvalue weighted by Gasteiger charge is -2.14. The van der Waals surface area contributed by atoms with E-state index >= 15 is 0 Å². The average molecular weight is 490 g/mol. The van der Waals surface area contributed by atoms with Gasteiger partial charge in [-0.15, -0.1) is 0 Å². The van der Waals surface area contributed by atoms with Crippen LogP contribution in [0.5, 0.6) is 5.75 Å². The maximum Gasteiger partial charge on any atom is 0.261 e. The second kappa shape index (κ2) is 9.61. The molecule has 0 unspecified atom stereocenters. The maximum atomic E-state index is 12.8. The number of rotatable bonds is 8. The highest BCUT2D eigenvalue weighted by molar-refractivity contribution is 7.92. The van der Waals surface area contributed by atoms with E-state index in [-0.39, 0.29) is 21.1 Å². The van der Waals surface area contributed by atoms with Crippen LogP contribution in [0.4, 0.5) is 11.4 Å². The molecule has 0 aliphatic carbocycles. The van der Waals surface area contributed by atoms with Crippen molar-refractivity contribution in [1.82, 2.24) is 4.72 Å². The maximum absolute atomic E-state index is 12.8. The van der Waals surface area contributed by atoms with Crippen molar-refractivity contribution >= 4 is 37.3 Å². The fourth-order valence-electron chi connectivity index (χ4n) is 2.95. The molecule has 0 aliphatic heterocycles. The van der Waals surface area contributed by atoms with Gasteiger partial charge in [-0.3, -0.25) is 9.52 Å². The highest BCUT2D eigenvalue weighted by atomic mass is 32.2. The van der Waals surface area contributed by atoms with Crippen LogP contribution in [0.25, 0.3) is 0 Å². The van der Waals surface area contributed by atoms with Gasteiger partial charge in [0.1, 0.15) is 10.6 Å². The first-order chi connectivity index (χ1) is 15.6. The number of carbonyl (C=O) groups is 1. The summed E-state index contributed by atoms with van der Waals surface area (Å²) >= 11 is 0. The average Bonchev–Trinajstić information content (AvgIpc) is 2.81. The molecule has 0 spiro atoms. The third kappa shape index (κ3) is 5.51. The van der Waals surface area contributed by atoms with E-state index in [0.717, 1.165) is 0 Å². The molecule has 0 saturated carbocycles. The van der Waals surface area contributed by atoms with Crippen molar-refractivity contribution in [1.29, 1.82) is 0 Å². The monoisotopic (exact) mass is 489 g/mol. The van der Waals surface area contributed by atoms with Crippen molar-refractivity contribution in [2.45, 2.75) is 16.7 Å².